The topological polar surface area (TPSA) is 55.2 Å². The van der Waals surface area contributed by atoms with Crippen molar-refractivity contribution in [2.75, 3.05) is 4.90 Å². The van der Waals surface area contributed by atoms with Gasteiger partial charge < -0.3 is 0 Å². The average Bonchev–Trinajstić information content (AvgIpc) is 2.68. The SMILES string of the molecule is Cn1nc(N2C(=O)CCCC2=O)c2ccccc21. The Kier molecular flexibility index (Phi) is 2.40. The lowest BCUT2D eigenvalue weighted by Gasteiger charge is -2.22. The molecule has 1 aromatic carbocycles. The Labute approximate surface area is 104 Å². The third-order valence-corrected chi connectivity index (χ3v) is 3.23. The Morgan fingerprint density at radius 3 is 2.50 bits per heavy atom. The first-order valence-electron chi connectivity index (χ1n) is 5.96. The maximum absolute atomic E-state index is 11.9. The van der Waals surface area contributed by atoms with Crippen LogP contribution in [0.5, 0.6) is 0 Å². The molecule has 0 saturated carbocycles. The minimum atomic E-state index is -0.157. The van der Waals surface area contributed by atoms with Crippen LogP contribution in [0.4, 0.5) is 5.82 Å². The number of carbonyl (C=O) groups is 2. The summed E-state index contributed by atoms with van der Waals surface area (Å²) in [6.07, 6.45) is 1.46. The van der Waals surface area contributed by atoms with Gasteiger partial charge in [-0.1, -0.05) is 12.1 Å². The second-order valence-electron chi connectivity index (χ2n) is 4.44. The summed E-state index contributed by atoms with van der Waals surface area (Å²) in [5, 5.41) is 5.15. The number of rotatable bonds is 1. The molecule has 92 valence electrons. The number of hydrogen-bond donors (Lipinski definition) is 0. The fourth-order valence-corrected chi connectivity index (χ4v) is 2.35. The van der Waals surface area contributed by atoms with E-state index in [9.17, 15) is 9.59 Å². The van der Waals surface area contributed by atoms with E-state index in [2.05, 4.69) is 5.10 Å². The first-order chi connectivity index (χ1) is 8.68. The zero-order valence-electron chi connectivity index (χ0n) is 10.1. The van der Waals surface area contributed by atoms with Gasteiger partial charge in [0.2, 0.25) is 11.8 Å². The van der Waals surface area contributed by atoms with Gasteiger partial charge in [-0.05, 0) is 18.6 Å². The van der Waals surface area contributed by atoms with Crippen molar-refractivity contribution in [2.24, 2.45) is 7.05 Å². The van der Waals surface area contributed by atoms with Crippen LogP contribution in [-0.4, -0.2) is 21.6 Å². The van der Waals surface area contributed by atoms with Crippen molar-refractivity contribution in [3.63, 3.8) is 0 Å². The van der Waals surface area contributed by atoms with E-state index < -0.39 is 0 Å². The van der Waals surface area contributed by atoms with E-state index >= 15 is 0 Å². The number of nitrogens with zero attached hydrogens (tertiary/aromatic N) is 3. The van der Waals surface area contributed by atoms with E-state index in [4.69, 9.17) is 0 Å². The number of anilines is 1. The molecule has 2 aromatic rings. The van der Waals surface area contributed by atoms with Crippen LogP contribution in [0.1, 0.15) is 19.3 Å². The van der Waals surface area contributed by atoms with Crippen LogP contribution >= 0.6 is 0 Å². The summed E-state index contributed by atoms with van der Waals surface area (Å²) < 4.78 is 1.69. The third-order valence-electron chi connectivity index (χ3n) is 3.23. The van der Waals surface area contributed by atoms with Gasteiger partial charge in [0.1, 0.15) is 0 Å². The number of benzene rings is 1. The zero-order chi connectivity index (χ0) is 12.7. The van der Waals surface area contributed by atoms with Crippen LogP contribution in [-0.2, 0) is 16.6 Å². The first-order valence-corrected chi connectivity index (χ1v) is 5.96. The second-order valence-corrected chi connectivity index (χ2v) is 4.44. The summed E-state index contributed by atoms with van der Waals surface area (Å²) in [6, 6.07) is 7.59. The lowest BCUT2D eigenvalue weighted by Crippen LogP contribution is -2.40. The Morgan fingerprint density at radius 2 is 1.78 bits per heavy atom. The summed E-state index contributed by atoms with van der Waals surface area (Å²) in [6.45, 7) is 0. The van der Waals surface area contributed by atoms with Crippen molar-refractivity contribution in [2.45, 2.75) is 19.3 Å². The zero-order valence-corrected chi connectivity index (χ0v) is 10.1. The predicted molar refractivity (Wildman–Crippen MR) is 67.1 cm³/mol. The average molecular weight is 243 g/mol. The largest absolute Gasteiger partial charge is 0.274 e. The Bertz CT molecular complexity index is 629. The van der Waals surface area contributed by atoms with Crippen molar-refractivity contribution in [1.82, 2.24) is 9.78 Å². The van der Waals surface area contributed by atoms with Gasteiger partial charge in [-0.3, -0.25) is 14.3 Å². The minimum Gasteiger partial charge on any atom is -0.274 e. The Hall–Kier alpha value is -2.17. The molecular formula is C13H13N3O2. The van der Waals surface area contributed by atoms with Gasteiger partial charge in [-0.25, -0.2) is 4.90 Å². The maximum Gasteiger partial charge on any atom is 0.235 e. The molecule has 0 N–H and O–H groups in total. The van der Waals surface area contributed by atoms with Crippen LogP contribution in [0.25, 0.3) is 10.9 Å². The van der Waals surface area contributed by atoms with Crippen LogP contribution in [0.3, 0.4) is 0 Å². The van der Waals surface area contributed by atoms with Gasteiger partial charge >= 0.3 is 0 Å². The smallest absolute Gasteiger partial charge is 0.235 e. The monoisotopic (exact) mass is 243 g/mol. The molecular weight excluding hydrogens is 230 g/mol. The summed E-state index contributed by atoms with van der Waals surface area (Å²) in [5.41, 5.74) is 0.915. The molecule has 1 aliphatic rings. The number of fused-ring (bicyclic) bond motifs is 1. The van der Waals surface area contributed by atoms with E-state index in [0.29, 0.717) is 25.1 Å². The van der Waals surface area contributed by atoms with Gasteiger partial charge in [-0.2, -0.15) is 5.10 Å². The molecule has 0 atom stereocenters. The molecule has 0 spiro atoms. The number of aromatic nitrogens is 2. The molecule has 1 saturated heterocycles. The van der Waals surface area contributed by atoms with Crippen LogP contribution in [0.2, 0.25) is 0 Å². The highest BCUT2D eigenvalue weighted by Gasteiger charge is 2.30. The molecule has 3 rings (SSSR count). The van der Waals surface area contributed by atoms with E-state index in [1.165, 1.54) is 4.90 Å². The van der Waals surface area contributed by atoms with Gasteiger partial charge in [0.05, 0.1) is 5.52 Å². The molecule has 0 unspecified atom stereocenters. The molecule has 0 radical (unpaired) electrons. The fourth-order valence-electron chi connectivity index (χ4n) is 2.35. The maximum atomic E-state index is 11.9. The van der Waals surface area contributed by atoms with Crippen molar-refractivity contribution in [1.29, 1.82) is 0 Å². The molecule has 5 heteroatoms. The van der Waals surface area contributed by atoms with Gasteiger partial charge in [0, 0.05) is 25.3 Å². The van der Waals surface area contributed by atoms with Crippen molar-refractivity contribution >= 4 is 28.5 Å². The molecule has 5 nitrogen and oxygen atoms in total. The number of para-hydroxylation sites is 1. The van der Waals surface area contributed by atoms with E-state index in [1.807, 2.05) is 31.3 Å². The minimum absolute atomic E-state index is 0.157. The molecule has 0 bridgehead atoms. The lowest BCUT2D eigenvalue weighted by molar-refractivity contribution is -0.129. The van der Waals surface area contributed by atoms with E-state index in [-0.39, 0.29) is 11.8 Å². The molecule has 1 aliphatic heterocycles. The molecule has 1 fully saturated rings. The van der Waals surface area contributed by atoms with E-state index in [0.717, 1.165) is 10.9 Å². The normalized spacial score (nSPS) is 16.6. The molecule has 0 aliphatic carbocycles. The van der Waals surface area contributed by atoms with Crippen molar-refractivity contribution in [3.8, 4) is 0 Å². The Balaban J connectivity index is 2.19. The number of piperidine rings is 1. The fraction of sp³-hybridized carbons (Fsp3) is 0.308. The first kappa shape index (κ1) is 11.0. The second kappa shape index (κ2) is 3.94. The molecule has 2 heterocycles. The number of imide groups is 1. The number of carbonyl (C=O) groups excluding carboxylic acids is 2. The lowest BCUT2D eigenvalue weighted by atomic mass is 10.1. The van der Waals surface area contributed by atoms with Crippen LogP contribution < -0.4 is 4.90 Å². The molecule has 1 aromatic heterocycles. The third kappa shape index (κ3) is 1.51. The highest BCUT2D eigenvalue weighted by molar-refractivity contribution is 6.19. The van der Waals surface area contributed by atoms with Crippen molar-refractivity contribution < 1.29 is 9.59 Å². The Morgan fingerprint density at radius 1 is 1.11 bits per heavy atom. The van der Waals surface area contributed by atoms with Gasteiger partial charge in [0.25, 0.3) is 0 Å². The van der Waals surface area contributed by atoms with Gasteiger partial charge in [-0.15, -0.1) is 0 Å². The van der Waals surface area contributed by atoms with Crippen molar-refractivity contribution in [3.05, 3.63) is 24.3 Å². The summed E-state index contributed by atoms with van der Waals surface area (Å²) in [4.78, 5) is 25.1. The van der Waals surface area contributed by atoms with E-state index in [1.54, 1.807) is 4.68 Å². The quantitative estimate of drug-likeness (QED) is 0.715. The number of hydrogen-bond acceptors (Lipinski definition) is 3. The summed E-state index contributed by atoms with van der Waals surface area (Å²) in [5.74, 6) is 0.146. The number of amides is 2. The highest BCUT2D eigenvalue weighted by atomic mass is 16.2. The molecule has 2 amide bonds. The standard InChI is InChI=1S/C13H13N3O2/c1-15-10-6-3-2-5-9(10)13(14-15)16-11(17)7-4-8-12(16)18/h2-3,5-6H,4,7-8H2,1H3. The molecule has 18 heavy (non-hydrogen) atoms. The highest BCUT2D eigenvalue weighted by Crippen LogP contribution is 2.28. The summed E-state index contributed by atoms with van der Waals surface area (Å²) in [7, 11) is 1.81. The predicted octanol–water partition coefficient (Wildman–Crippen LogP) is 1.62. The number of aryl methyl sites for hydroxylation is 1. The summed E-state index contributed by atoms with van der Waals surface area (Å²) >= 11 is 0. The van der Waals surface area contributed by atoms with Crippen LogP contribution in [0, 0.1) is 0 Å². The van der Waals surface area contributed by atoms with Gasteiger partial charge in [0.15, 0.2) is 5.82 Å². The van der Waals surface area contributed by atoms with Crippen LogP contribution in [0.15, 0.2) is 24.3 Å².